The van der Waals surface area contributed by atoms with Crippen molar-refractivity contribution in [1.82, 2.24) is 15.0 Å². The maximum Gasteiger partial charge on any atom is 0.164 e. The zero-order valence-corrected chi connectivity index (χ0v) is 28.9. The Morgan fingerprint density at radius 2 is 1.21 bits per heavy atom. The first-order valence-electron chi connectivity index (χ1n) is 17.5. The van der Waals surface area contributed by atoms with Crippen molar-refractivity contribution in [3.8, 4) is 34.2 Å². The summed E-state index contributed by atoms with van der Waals surface area (Å²) in [5, 5.41) is 5.83. The normalized spacial score (nSPS) is 15.7. The number of thiophene rings is 1. The number of nitrogens with zero attached hydrogens (tertiary/aromatic N) is 3. The van der Waals surface area contributed by atoms with Crippen LogP contribution in [-0.2, 0) is 0 Å². The fraction of sp³-hybridized carbons (Fsp3) is 0.0652. The molecule has 0 saturated carbocycles. The third kappa shape index (κ3) is 4.51. The smallest absolute Gasteiger partial charge is 0.164 e. The van der Waals surface area contributed by atoms with Crippen LogP contribution in [0.1, 0.15) is 35.6 Å². The number of furan rings is 2. The Morgan fingerprint density at radius 1 is 0.519 bits per heavy atom. The Kier molecular flexibility index (Phi) is 6.39. The van der Waals surface area contributed by atoms with Crippen LogP contribution in [0, 0.1) is 0 Å². The first-order chi connectivity index (χ1) is 25.7. The van der Waals surface area contributed by atoms with Gasteiger partial charge >= 0.3 is 0 Å². The lowest BCUT2D eigenvalue weighted by atomic mass is 9.80. The monoisotopic (exact) mass is 687 g/mol. The molecule has 0 N–H and O–H groups in total. The van der Waals surface area contributed by atoms with E-state index in [0.717, 1.165) is 60.9 Å². The summed E-state index contributed by atoms with van der Waals surface area (Å²) in [5.41, 5.74) is 7.71. The van der Waals surface area contributed by atoms with Gasteiger partial charge in [0.1, 0.15) is 22.5 Å². The molecule has 0 radical (unpaired) electrons. The summed E-state index contributed by atoms with van der Waals surface area (Å²) in [7, 11) is 0. The molecule has 1 aliphatic carbocycles. The van der Waals surface area contributed by atoms with Crippen molar-refractivity contribution in [2.45, 2.75) is 18.8 Å². The molecule has 6 heteroatoms. The molecule has 4 aromatic heterocycles. The predicted molar refractivity (Wildman–Crippen MR) is 213 cm³/mol. The van der Waals surface area contributed by atoms with Crippen LogP contribution in [-0.4, -0.2) is 15.0 Å². The molecule has 52 heavy (non-hydrogen) atoms. The molecule has 10 aromatic rings. The summed E-state index contributed by atoms with van der Waals surface area (Å²) in [6.07, 6.45) is 4.61. The van der Waals surface area contributed by atoms with Gasteiger partial charge in [-0.15, -0.1) is 11.3 Å². The number of aromatic nitrogens is 3. The Balaban J connectivity index is 1.01. The second-order valence-corrected chi connectivity index (χ2v) is 14.6. The van der Waals surface area contributed by atoms with Gasteiger partial charge in [0.15, 0.2) is 17.5 Å². The average Bonchev–Trinajstić information content (AvgIpc) is 3.89. The quantitative estimate of drug-likeness (QED) is 0.184. The Hall–Kier alpha value is -6.37. The highest BCUT2D eigenvalue weighted by atomic mass is 32.1. The summed E-state index contributed by atoms with van der Waals surface area (Å²) in [6, 6.07) is 46.0. The van der Waals surface area contributed by atoms with Crippen molar-refractivity contribution in [3.05, 3.63) is 156 Å². The molecular formula is C46H29N3O2S. The van der Waals surface area contributed by atoms with E-state index in [2.05, 4.69) is 91.9 Å². The molecule has 4 heterocycles. The van der Waals surface area contributed by atoms with E-state index in [9.17, 15) is 0 Å². The topological polar surface area (TPSA) is 65.0 Å². The maximum atomic E-state index is 6.77. The standard InChI is InChI=1S/C46H29N3O2S/c1-26-30(35-14-9-15-36-33-13-6-8-17-41(33)52-43(35)36)21-22-34-32-20-18-29(25-40(32)51-42(26)34)46-48-44(27-10-3-2-4-11-27)47-45(49-46)28-19-23-39-37(24-28)31-12-5-7-16-38(31)50-39/h2-26,30H,1H3. The van der Waals surface area contributed by atoms with Crippen molar-refractivity contribution < 1.29 is 8.83 Å². The molecule has 0 bridgehead atoms. The number of hydrogen-bond donors (Lipinski definition) is 0. The molecule has 2 unspecified atom stereocenters. The van der Waals surface area contributed by atoms with Gasteiger partial charge in [0.05, 0.1) is 0 Å². The first-order valence-corrected chi connectivity index (χ1v) is 18.4. The predicted octanol–water partition coefficient (Wildman–Crippen LogP) is 12.8. The van der Waals surface area contributed by atoms with Gasteiger partial charge < -0.3 is 8.83 Å². The molecule has 0 fully saturated rings. The number of para-hydroxylation sites is 1. The number of fused-ring (bicyclic) bond motifs is 9. The summed E-state index contributed by atoms with van der Waals surface area (Å²) >= 11 is 1.88. The van der Waals surface area contributed by atoms with Crippen LogP contribution in [0.25, 0.3) is 93.3 Å². The summed E-state index contributed by atoms with van der Waals surface area (Å²) in [5.74, 6) is 3.19. The molecule has 6 aromatic carbocycles. The molecule has 0 aliphatic heterocycles. The van der Waals surface area contributed by atoms with E-state index in [-0.39, 0.29) is 11.8 Å². The first kappa shape index (κ1) is 29.4. The molecule has 2 atom stereocenters. The summed E-state index contributed by atoms with van der Waals surface area (Å²) in [4.78, 5) is 15.1. The van der Waals surface area contributed by atoms with E-state index < -0.39 is 0 Å². The van der Waals surface area contributed by atoms with Gasteiger partial charge in [-0.3, -0.25) is 0 Å². The van der Waals surface area contributed by atoms with Crippen molar-refractivity contribution in [2.75, 3.05) is 0 Å². The maximum absolute atomic E-state index is 6.77. The lowest BCUT2D eigenvalue weighted by Gasteiger charge is -2.24. The molecule has 0 amide bonds. The van der Waals surface area contributed by atoms with Crippen LogP contribution in [0.5, 0.6) is 0 Å². The molecule has 246 valence electrons. The highest BCUT2D eigenvalue weighted by molar-refractivity contribution is 7.26. The number of hydrogen-bond acceptors (Lipinski definition) is 6. The zero-order valence-electron chi connectivity index (χ0n) is 28.1. The van der Waals surface area contributed by atoms with Crippen LogP contribution >= 0.6 is 11.3 Å². The third-order valence-electron chi connectivity index (χ3n) is 10.5. The van der Waals surface area contributed by atoms with Crippen LogP contribution in [0.15, 0.2) is 148 Å². The zero-order chi connectivity index (χ0) is 34.3. The molecule has 1 aliphatic rings. The SMILES string of the molecule is CC1c2oc3cc(-c4nc(-c5ccccc5)nc(-c5ccc6oc7ccccc7c6c5)n4)ccc3c2C=CC1c1cccc2c1sc1ccccc12. The van der Waals surface area contributed by atoms with Gasteiger partial charge in [0, 0.05) is 70.4 Å². The van der Waals surface area contributed by atoms with Crippen molar-refractivity contribution in [3.63, 3.8) is 0 Å². The van der Waals surface area contributed by atoms with E-state index in [4.69, 9.17) is 23.8 Å². The molecule has 5 nitrogen and oxygen atoms in total. The van der Waals surface area contributed by atoms with Crippen LogP contribution in [0.4, 0.5) is 0 Å². The number of benzene rings is 6. The Labute approximate surface area is 302 Å². The number of allylic oxidation sites excluding steroid dienone is 1. The largest absolute Gasteiger partial charge is 0.460 e. The Bertz CT molecular complexity index is 3060. The lowest BCUT2D eigenvalue weighted by Crippen LogP contribution is -2.09. The minimum Gasteiger partial charge on any atom is -0.460 e. The van der Waals surface area contributed by atoms with Gasteiger partial charge in [-0.1, -0.05) is 110 Å². The lowest BCUT2D eigenvalue weighted by molar-refractivity contribution is 0.482. The summed E-state index contributed by atoms with van der Waals surface area (Å²) < 4.78 is 15.6. The molecule has 0 saturated heterocycles. The van der Waals surface area contributed by atoms with Crippen molar-refractivity contribution in [1.29, 1.82) is 0 Å². The minimum absolute atomic E-state index is 0.161. The van der Waals surface area contributed by atoms with Gasteiger partial charge in [0.25, 0.3) is 0 Å². The second-order valence-electron chi connectivity index (χ2n) is 13.6. The van der Waals surface area contributed by atoms with Crippen LogP contribution in [0.3, 0.4) is 0 Å². The van der Waals surface area contributed by atoms with E-state index in [0.29, 0.717) is 17.5 Å². The van der Waals surface area contributed by atoms with Crippen molar-refractivity contribution >= 4 is 70.5 Å². The van der Waals surface area contributed by atoms with Crippen molar-refractivity contribution in [2.24, 2.45) is 0 Å². The van der Waals surface area contributed by atoms with Gasteiger partial charge in [-0.2, -0.15) is 0 Å². The fourth-order valence-corrected chi connectivity index (χ4v) is 9.20. The molecule has 0 spiro atoms. The van der Waals surface area contributed by atoms with Gasteiger partial charge in [-0.05, 0) is 48.0 Å². The second kappa shape index (κ2) is 11.3. The highest BCUT2D eigenvalue weighted by Gasteiger charge is 2.30. The van der Waals surface area contributed by atoms with Gasteiger partial charge in [-0.25, -0.2) is 15.0 Å². The van der Waals surface area contributed by atoms with E-state index >= 15 is 0 Å². The Morgan fingerprint density at radius 3 is 2.08 bits per heavy atom. The van der Waals surface area contributed by atoms with Crippen LogP contribution < -0.4 is 0 Å². The number of rotatable bonds is 4. The van der Waals surface area contributed by atoms with Gasteiger partial charge in [0.2, 0.25) is 0 Å². The third-order valence-corrected chi connectivity index (χ3v) is 11.8. The van der Waals surface area contributed by atoms with Crippen LogP contribution in [0.2, 0.25) is 0 Å². The summed E-state index contributed by atoms with van der Waals surface area (Å²) in [6.45, 7) is 2.28. The fourth-order valence-electron chi connectivity index (χ4n) is 7.93. The molecular weight excluding hydrogens is 659 g/mol. The average molecular weight is 688 g/mol. The van der Waals surface area contributed by atoms with E-state index in [1.807, 2.05) is 72.0 Å². The minimum atomic E-state index is 0.161. The molecule has 11 rings (SSSR count). The van der Waals surface area contributed by atoms with E-state index in [1.54, 1.807) is 0 Å². The van der Waals surface area contributed by atoms with E-state index in [1.165, 1.54) is 25.7 Å². The highest BCUT2D eigenvalue weighted by Crippen LogP contribution is 2.48.